The number of Topliss-reactive ketones (excluding diaryl/α,β-unsaturated/α-hetero) is 1. The fourth-order valence-electron chi connectivity index (χ4n) is 4.27. The van der Waals surface area contributed by atoms with Gasteiger partial charge in [-0.1, -0.05) is 52.3 Å². The number of aromatic nitrogens is 3. The first-order valence-electron chi connectivity index (χ1n) is 10.3. The average Bonchev–Trinajstić information content (AvgIpc) is 3.31. The topological polar surface area (TPSA) is 47.8 Å². The number of rotatable bonds is 7. The van der Waals surface area contributed by atoms with Crippen LogP contribution in [0.5, 0.6) is 0 Å². The lowest BCUT2D eigenvalue weighted by Gasteiger charge is -2.12. The number of benzene rings is 2. The summed E-state index contributed by atoms with van der Waals surface area (Å²) in [7, 11) is 0. The number of hydrogen-bond acceptors (Lipinski definition) is 3. The molecule has 0 spiro atoms. The van der Waals surface area contributed by atoms with Gasteiger partial charge in [-0.2, -0.15) is 0 Å². The lowest BCUT2D eigenvalue weighted by atomic mass is 10.0. The Bertz CT molecular complexity index is 1020. The zero-order chi connectivity index (χ0) is 20.4. The van der Waals surface area contributed by atoms with Crippen molar-refractivity contribution in [3.05, 3.63) is 80.8 Å². The van der Waals surface area contributed by atoms with Crippen LogP contribution < -0.4 is 0 Å². The van der Waals surface area contributed by atoms with E-state index in [1.807, 2.05) is 19.1 Å². The summed E-state index contributed by atoms with van der Waals surface area (Å²) >= 11 is 3.57. The van der Waals surface area contributed by atoms with Crippen LogP contribution in [0.25, 0.3) is 0 Å². The van der Waals surface area contributed by atoms with Gasteiger partial charge in [-0.3, -0.25) is 4.79 Å². The number of ketones is 1. The van der Waals surface area contributed by atoms with Gasteiger partial charge in [0.25, 0.3) is 0 Å². The normalized spacial score (nSPS) is 13.6. The van der Waals surface area contributed by atoms with Gasteiger partial charge < -0.3 is 4.57 Å². The van der Waals surface area contributed by atoms with E-state index in [4.69, 9.17) is 0 Å². The van der Waals surface area contributed by atoms with Crippen molar-refractivity contribution in [3.8, 4) is 0 Å². The highest BCUT2D eigenvalue weighted by Gasteiger charge is 2.27. The number of nitrogens with zero attached hydrogens (tertiary/aromatic N) is 3. The third kappa shape index (κ3) is 4.35. The molecule has 1 aliphatic rings. The first-order valence-corrected chi connectivity index (χ1v) is 11.1. The molecule has 2 aromatic carbocycles. The zero-order valence-corrected chi connectivity index (χ0v) is 18.6. The Balaban J connectivity index is 1.41. The van der Waals surface area contributed by atoms with Gasteiger partial charge in [-0.05, 0) is 55.0 Å². The van der Waals surface area contributed by atoms with E-state index in [0.717, 1.165) is 41.1 Å². The minimum absolute atomic E-state index is 0.232. The maximum Gasteiger partial charge on any atom is 0.137 e. The molecule has 0 fully saturated rings. The molecule has 0 N–H and O–H groups in total. The Morgan fingerprint density at radius 3 is 2.52 bits per heavy atom. The standard InChI is InChI=1S/C24H26BrN3O/c1-3-28-23(11-10-21(29)15-19-9-8-16(2)12-22(19)25)26-27-24(28)20-13-17-6-4-5-7-18(17)14-20/h4-9,12,20H,3,10-11,13-15H2,1-2H3. The lowest BCUT2D eigenvalue weighted by molar-refractivity contribution is -0.118. The minimum Gasteiger partial charge on any atom is -0.315 e. The molecule has 0 saturated heterocycles. The predicted octanol–water partition coefficient (Wildman–Crippen LogP) is 5.00. The molecule has 0 bridgehead atoms. The third-order valence-electron chi connectivity index (χ3n) is 5.81. The van der Waals surface area contributed by atoms with Crippen molar-refractivity contribution in [2.24, 2.45) is 0 Å². The quantitative estimate of drug-likeness (QED) is 0.507. The number of carbonyl (C=O) groups excluding carboxylic acids is 1. The number of carbonyl (C=O) groups is 1. The molecule has 0 atom stereocenters. The number of halogens is 1. The molecule has 4 nitrogen and oxygen atoms in total. The largest absolute Gasteiger partial charge is 0.315 e. The molecule has 1 aliphatic carbocycles. The van der Waals surface area contributed by atoms with Crippen LogP contribution in [0, 0.1) is 6.92 Å². The van der Waals surface area contributed by atoms with E-state index in [-0.39, 0.29) is 5.78 Å². The van der Waals surface area contributed by atoms with Gasteiger partial charge in [0.1, 0.15) is 17.4 Å². The zero-order valence-electron chi connectivity index (χ0n) is 17.0. The van der Waals surface area contributed by atoms with Crippen molar-refractivity contribution in [3.63, 3.8) is 0 Å². The molecule has 0 radical (unpaired) electrons. The van der Waals surface area contributed by atoms with Crippen molar-refractivity contribution in [2.75, 3.05) is 0 Å². The molecule has 29 heavy (non-hydrogen) atoms. The molecular weight excluding hydrogens is 426 g/mol. The van der Waals surface area contributed by atoms with E-state index in [2.05, 4.69) is 67.9 Å². The van der Waals surface area contributed by atoms with Crippen LogP contribution in [0.1, 0.15) is 53.2 Å². The number of fused-ring (bicyclic) bond motifs is 1. The average molecular weight is 452 g/mol. The fraction of sp³-hybridized carbons (Fsp3) is 0.375. The van der Waals surface area contributed by atoms with E-state index >= 15 is 0 Å². The van der Waals surface area contributed by atoms with Crippen LogP contribution >= 0.6 is 15.9 Å². The Hall–Kier alpha value is -2.27. The van der Waals surface area contributed by atoms with E-state index in [0.29, 0.717) is 25.2 Å². The van der Waals surface area contributed by atoms with E-state index in [1.165, 1.54) is 16.7 Å². The van der Waals surface area contributed by atoms with Gasteiger partial charge >= 0.3 is 0 Å². The van der Waals surface area contributed by atoms with Crippen molar-refractivity contribution in [2.45, 2.75) is 58.4 Å². The summed E-state index contributed by atoms with van der Waals surface area (Å²) in [6.07, 6.45) is 3.63. The van der Waals surface area contributed by atoms with Crippen LogP contribution in [0.15, 0.2) is 46.9 Å². The van der Waals surface area contributed by atoms with E-state index < -0.39 is 0 Å². The van der Waals surface area contributed by atoms with Crippen LogP contribution in [0.2, 0.25) is 0 Å². The van der Waals surface area contributed by atoms with Crippen LogP contribution in [0.3, 0.4) is 0 Å². The van der Waals surface area contributed by atoms with Crippen LogP contribution in [0.4, 0.5) is 0 Å². The number of hydrogen-bond donors (Lipinski definition) is 0. The molecular formula is C24H26BrN3O. The second-order valence-electron chi connectivity index (χ2n) is 7.90. The predicted molar refractivity (Wildman–Crippen MR) is 118 cm³/mol. The van der Waals surface area contributed by atoms with Crippen LogP contribution in [-0.4, -0.2) is 20.5 Å². The van der Waals surface area contributed by atoms with Crippen molar-refractivity contribution in [1.29, 1.82) is 0 Å². The van der Waals surface area contributed by atoms with Crippen molar-refractivity contribution in [1.82, 2.24) is 14.8 Å². The molecule has 0 amide bonds. The molecule has 5 heteroatoms. The second kappa shape index (κ2) is 8.62. The van der Waals surface area contributed by atoms with Gasteiger partial charge in [0.2, 0.25) is 0 Å². The van der Waals surface area contributed by atoms with Gasteiger partial charge in [-0.15, -0.1) is 10.2 Å². The summed E-state index contributed by atoms with van der Waals surface area (Å²) in [6, 6.07) is 14.8. The molecule has 1 heterocycles. The first-order chi connectivity index (χ1) is 14.0. The van der Waals surface area contributed by atoms with Crippen molar-refractivity contribution < 1.29 is 4.79 Å². The molecule has 0 saturated carbocycles. The summed E-state index contributed by atoms with van der Waals surface area (Å²) in [5.41, 5.74) is 5.07. The SMILES string of the molecule is CCn1c(CCC(=O)Cc2ccc(C)cc2Br)nnc1C1Cc2ccccc2C1. The summed E-state index contributed by atoms with van der Waals surface area (Å²) in [5, 5.41) is 8.99. The monoisotopic (exact) mass is 451 g/mol. The second-order valence-corrected chi connectivity index (χ2v) is 8.76. The Kier molecular flexibility index (Phi) is 5.95. The summed E-state index contributed by atoms with van der Waals surface area (Å²) in [6.45, 7) is 5.01. The van der Waals surface area contributed by atoms with Gasteiger partial charge in [0.15, 0.2) is 0 Å². The Labute approximate surface area is 180 Å². The molecule has 150 valence electrons. The third-order valence-corrected chi connectivity index (χ3v) is 6.55. The summed E-state index contributed by atoms with van der Waals surface area (Å²) < 4.78 is 3.22. The molecule has 4 rings (SSSR count). The molecule has 0 unspecified atom stereocenters. The van der Waals surface area contributed by atoms with E-state index in [1.54, 1.807) is 0 Å². The highest BCUT2D eigenvalue weighted by Crippen LogP contribution is 2.33. The fourth-order valence-corrected chi connectivity index (χ4v) is 4.90. The number of aryl methyl sites for hydroxylation is 2. The van der Waals surface area contributed by atoms with Gasteiger partial charge in [-0.25, -0.2) is 0 Å². The molecule has 3 aromatic rings. The molecule has 1 aromatic heterocycles. The Morgan fingerprint density at radius 1 is 1.14 bits per heavy atom. The lowest BCUT2D eigenvalue weighted by Crippen LogP contribution is -2.12. The smallest absolute Gasteiger partial charge is 0.137 e. The maximum absolute atomic E-state index is 12.6. The summed E-state index contributed by atoms with van der Waals surface area (Å²) in [4.78, 5) is 12.6. The minimum atomic E-state index is 0.232. The highest BCUT2D eigenvalue weighted by molar-refractivity contribution is 9.10. The van der Waals surface area contributed by atoms with Gasteiger partial charge in [0.05, 0.1) is 0 Å². The molecule has 0 aliphatic heterocycles. The summed E-state index contributed by atoms with van der Waals surface area (Å²) in [5.74, 6) is 2.60. The Morgan fingerprint density at radius 2 is 1.86 bits per heavy atom. The first kappa shape index (κ1) is 20.0. The highest BCUT2D eigenvalue weighted by atomic mass is 79.9. The van der Waals surface area contributed by atoms with Crippen LogP contribution in [-0.2, 0) is 37.0 Å². The van der Waals surface area contributed by atoms with Gasteiger partial charge in [0, 0.05) is 36.2 Å². The maximum atomic E-state index is 12.6. The van der Waals surface area contributed by atoms with E-state index in [9.17, 15) is 4.79 Å². The van der Waals surface area contributed by atoms with Crippen molar-refractivity contribution >= 4 is 21.7 Å².